The lowest BCUT2D eigenvalue weighted by Gasteiger charge is -2.13. The minimum absolute atomic E-state index is 0.340. The van der Waals surface area contributed by atoms with E-state index in [2.05, 4.69) is 0 Å². The predicted octanol–water partition coefficient (Wildman–Crippen LogP) is 0.747. The van der Waals surface area contributed by atoms with Gasteiger partial charge in [-0.15, -0.1) is 0 Å². The first-order valence-corrected chi connectivity index (χ1v) is 5.16. The molecule has 0 aliphatic heterocycles. The second kappa shape index (κ2) is 3.96. The summed E-state index contributed by atoms with van der Waals surface area (Å²) in [4.78, 5) is 22.3. The number of primary amides is 1. The number of benzene rings is 1. The van der Waals surface area contributed by atoms with E-state index in [0.29, 0.717) is 0 Å². The summed E-state index contributed by atoms with van der Waals surface area (Å²) < 4.78 is 4.87. The molecule has 4 heteroatoms. The second-order valence-electron chi connectivity index (χ2n) is 3.99. The second-order valence-corrected chi connectivity index (χ2v) is 3.99. The number of nitrogens with two attached hydrogens (primary N) is 1. The molecule has 4 nitrogen and oxygen atoms in total. The summed E-state index contributed by atoms with van der Waals surface area (Å²) in [5.74, 6) is -0.977. The number of esters is 1. The number of ether oxygens (including phenoxy) is 1. The number of rotatable bonds is 4. The Morgan fingerprint density at radius 3 is 2.38 bits per heavy atom. The molecule has 16 heavy (non-hydrogen) atoms. The van der Waals surface area contributed by atoms with Crippen molar-refractivity contribution >= 4 is 11.9 Å². The Bertz CT molecular complexity index is 410. The van der Waals surface area contributed by atoms with E-state index in [1.54, 1.807) is 0 Å². The first-order valence-electron chi connectivity index (χ1n) is 5.16. The molecule has 84 valence electrons. The first-order chi connectivity index (χ1) is 7.65. The Labute approximate surface area is 93.4 Å². The van der Waals surface area contributed by atoms with Crippen molar-refractivity contribution in [3.63, 3.8) is 0 Å². The fourth-order valence-electron chi connectivity index (χ4n) is 1.77. The van der Waals surface area contributed by atoms with Crippen LogP contribution in [0.5, 0.6) is 0 Å². The van der Waals surface area contributed by atoms with Crippen LogP contribution < -0.4 is 5.73 Å². The van der Waals surface area contributed by atoms with Crippen molar-refractivity contribution in [2.75, 3.05) is 6.61 Å². The fourth-order valence-corrected chi connectivity index (χ4v) is 1.77. The lowest BCUT2D eigenvalue weighted by Crippen LogP contribution is -2.28. The van der Waals surface area contributed by atoms with Gasteiger partial charge in [-0.1, -0.05) is 30.3 Å². The third kappa shape index (κ3) is 1.91. The van der Waals surface area contributed by atoms with E-state index in [4.69, 9.17) is 10.5 Å². The van der Waals surface area contributed by atoms with E-state index >= 15 is 0 Å². The Morgan fingerprint density at radius 2 is 1.88 bits per heavy atom. The average molecular weight is 219 g/mol. The summed E-state index contributed by atoms with van der Waals surface area (Å²) >= 11 is 0. The van der Waals surface area contributed by atoms with Crippen molar-refractivity contribution in [2.45, 2.75) is 18.3 Å². The van der Waals surface area contributed by atoms with Gasteiger partial charge in [0.2, 0.25) is 0 Å². The van der Waals surface area contributed by atoms with Crippen LogP contribution in [0.25, 0.3) is 0 Å². The van der Waals surface area contributed by atoms with Crippen molar-refractivity contribution in [1.82, 2.24) is 0 Å². The summed E-state index contributed by atoms with van der Waals surface area (Å²) in [5, 5.41) is 0. The van der Waals surface area contributed by atoms with E-state index in [0.717, 1.165) is 18.4 Å². The monoisotopic (exact) mass is 219 g/mol. The Balaban J connectivity index is 2.09. The third-order valence-electron chi connectivity index (χ3n) is 2.81. The highest BCUT2D eigenvalue weighted by Gasteiger charge is 2.52. The van der Waals surface area contributed by atoms with Gasteiger partial charge in [-0.3, -0.25) is 9.59 Å². The number of amides is 1. The van der Waals surface area contributed by atoms with Crippen molar-refractivity contribution in [2.24, 2.45) is 5.73 Å². The molecule has 0 atom stereocenters. The molecule has 1 aromatic rings. The first kappa shape index (κ1) is 10.7. The molecule has 0 spiro atoms. The number of hydrogen-bond donors (Lipinski definition) is 1. The molecule has 0 aromatic heterocycles. The van der Waals surface area contributed by atoms with Gasteiger partial charge in [0, 0.05) is 0 Å². The van der Waals surface area contributed by atoms with E-state index in [9.17, 15) is 9.59 Å². The van der Waals surface area contributed by atoms with Gasteiger partial charge in [-0.2, -0.15) is 0 Å². The van der Waals surface area contributed by atoms with Gasteiger partial charge in [-0.25, -0.2) is 0 Å². The molecule has 1 saturated carbocycles. The highest BCUT2D eigenvalue weighted by molar-refractivity contribution is 5.88. The van der Waals surface area contributed by atoms with Crippen molar-refractivity contribution in [1.29, 1.82) is 0 Å². The minimum atomic E-state index is -0.628. The van der Waals surface area contributed by atoms with E-state index in [1.165, 1.54) is 0 Å². The van der Waals surface area contributed by atoms with Crippen LogP contribution in [0.3, 0.4) is 0 Å². The zero-order chi connectivity index (χ0) is 11.6. The van der Waals surface area contributed by atoms with Gasteiger partial charge in [-0.05, 0) is 18.4 Å². The summed E-state index contributed by atoms with van der Waals surface area (Å²) in [5.41, 5.74) is 5.34. The molecule has 0 unspecified atom stereocenters. The molecule has 0 saturated heterocycles. The minimum Gasteiger partial charge on any atom is -0.455 e. The molecule has 1 fully saturated rings. The van der Waals surface area contributed by atoms with Gasteiger partial charge in [0.05, 0.1) is 5.41 Å². The summed E-state index contributed by atoms with van der Waals surface area (Å²) in [6, 6.07) is 9.47. The van der Waals surface area contributed by atoms with Crippen LogP contribution in [-0.4, -0.2) is 18.5 Å². The molecule has 1 aromatic carbocycles. The Hall–Kier alpha value is -1.84. The third-order valence-corrected chi connectivity index (χ3v) is 2.81. The van der Waals surface area contributed by atoms with Crippen molar-refractivity contribution in [3.8, 4) is 0 Å². The summed E-state index contributed by atoms with van der Waals surface area (Å²) in [7, 11) is 0. The lowest BCUT2D eigenvalue weighted by molar-refractivity contribution is -0.150. The van der Waals surface area contributed by atoms with E-state index in [1.807, 2.05) is 30.3 Å². The average Bonchev–Trinajstić information content (AvgIpc) is 3.08. The van der Waals surface area contributed by atoms with Gasteiger partial charge >= 0.3 is 5.97 Å². The summed E-state index contributed by atoms with van der Waals surface area (Å²) in [6.07, 6.45) is 1.54. The van der Waals surface area contributed by atoms with E-state index < -0.39 is 11.3 Å². The number of carbonyl (C=O) groups is 2. The van der Waals surface area contributed by atoms with Crippen LogP contribution >= 0.6 is 0 Å². The van der Waals surface area contributed by atoms with E-state index in [-0.39, 0.29) is 12.6 Å². The predicted molar refractivity (Wildman–Crippen MR) is 57.5 cm³/mol. The number of carbonyl (C=O) groups excluding carboxylic acids is 2. The summed E-state index contributed by atoms with van der Waals surface area (Å²) in [6.45, 7) is -0.340. The number of hydrogen-bond acceptors (Lipinski definition) is 3. The molecule has 0 heterocycles. The molecule has 0 bridgehead atoms. The van der Waals surface area contributed by atoms with Gasteiger partial charge in [0.15, 0.2) is 6.61 Å². The molecule has 0 radical (unpaired) electrons. The zero-order valence-electron chi connectivity index (χ0n) is 8.81. The highest BCUT2D eigenvalue weighted by atomic mass is 16.5. The van der Waals surface area contributed by atoms with Gasteiger partial charge < -0.3 is 10.5 Å². The van der Waals surface area contributed by atoms with Crippen molar-refractivity contribution in [3.05, 3.63) is 35.9 Å². The molecule has 2 N–H and O–H groups in total. The van der Waals surface area contributed by atoms with Gasteiger partial charge in [0.25, 0.3) is 5.91 Å². The molecular weight excluding hydrogens is 206 g/mol. The molecule has 1 aliphatic carbocycles. The maximum atomic E-state index is 11.8. The normalized spacial score (nSPS) is 16.5. The Kier molecular flexibility index (Phi) is 2.64. The topological polar surface area (TPSA) is 69.4 Å². The SMILES string of the molecule is NC(=O)COC(=O)C1(c2ccccc2)CC1. The van der Waals surface area contributed by atoms with Crippen molar-refractivity contribution < 1.29 is 14.3 Å². The van der Waals surface area contributed by atoms with Crippen LogP contribution in [0.4, 0.5) is 0 Å². The van der Waals surface area contributed by atoms with Crippen LogP contribution in [0, 0.1) is 0 Å². The molecular formula is C12H13NO3. The quantitative estimate of drug-likeness (QED) is 0.759. The zero-order valence-corrected chi connectivity index (χ0v) is 8.81. The fraction of sp³-hybridized carbons (Fsp3) is 0.333. The standard InChI is InChI=1S/C12H13NO3/c13-10(14)8-16-11(15)12(6-7-12)9-4-2-1-3-5-9/h1-5H,6-8H2,(H2,13,14). The lowest BCUT2D eigenvalue weighted by atomic mass is 9.96. The van der Waals surface area contributed by atoms with Crippen LogP contribution in [0.15, 0.2) is 30.3 Å². The highest BCUT2D eigenvalue weighted by Crippen LogP contribution is 2.49. The molecule has 1 amide bonds. The maximum Gasteiger partial charge on any atom is 0.317 e. The maximum absolute atomic E-state index is 11.8. The molecule has 1 aliphatic rings. The smallest absolute Gasteiger partial charge is 0.317 e. The largest absolute Gasteiger partial charge is 0.455 e. The molecule has 2 rings (SSSR count). The Morgan fingerprint density at radius 1 is 1.25 bits per heavy atom. The van der Waals surface area contributed by atoms with Crippen LogP contribution in [0.1, 0.15) is 18.4 Å². The van der Waals surface area contributed by atoms with Gasteiger partial charge in [0.1, 0.15) is 0 Å². The van der Waals surface area contributed by atoms with Crippen LogP contribution in [0.2, 0.25) is 0 Å². The van der Waals surface area contributed by atoms with Crippen LogP contribution in [-0.2, 0) is 19.7 Å².